The minimum absolute atomic E-state index is 0.0163. The van der Waals surface area contributed by atoms with E-state index < -0.39 is 0 Å². The van der Waals surface area contributed by atoms with Crippen LogP contribution in [0.4, 0.5) is 0 Å². The summed E-state index contributed by atoms with van der Waals surface area (Å²) in [6.07, 6.45) is 3.93. The quantitative estimate of drug-likeness (QED) is 0.500. The molecule has 0 amide bonds. The second kappa shape index (κ2) is 1.98. The fourth-order valence-corrected chi connectivity index (χ4v) is 2.02. The van der Waals surface area contributed by atoms with Gasteiger partial charge in [0.1, 0.15) is 0 Å². The normalized spacial score (nSPS) is 42.6. The lowest BCUT2D eigenvalue weighted by atomic mass is 10.2. The van der Waals surface area contributed by atoms with Crippen LogP contribution in [0.5, 0.6) is 0 Å². The van der Waals surface area contributed by atoms with Gasteiger partial charge in [0.15, 0.2) is 0 Å². The minimum Gasteiger partial charge on any atom is -0.393 e. The fraction of sp³-hybridized carbons (Fsp3) is 0.667. The topological polar surface area (TPSA) is 20.2 Å². The Hall–Kier alpha value is -0.520. The highest BCUT2D eigenvalue weighted by atomic mass is 16.3. The molecule has 1 unspecified atom stereocenters. The van der Waals surface area contributed by atoms with Crippen molar-refractivity contribution in [1.29, 1.82) is 0 Å². The van der Waals surface area contributed by atoms with Gasteiger partial charge >= 0.3 is 0 Å². The van der Waals surface area contributed by atoms with Crippen molar-refractivity contribution in [3.05, 3.63) is 17.4 Å². The zero-order valence-corrected chi connectivity index (χ0v) is 6.17. The Bertz CT molecular complexity index is 197. The number of allylic oxidation sites excluding steroid dienone is 1. The van der Waals surface area contributed by atoms with E-state index in [-0.39, 0.29) is 6.10 Å². The second-order valence-corrected chi connectivity index (χ2v) is 3.23. The van der Waals surface area contributed by atoms with Crippen LogP contribution in [0.1, 0.15) is 19.8 Å². The molecular formula is C9H12O. The van der Waals surface area contributed by atoms with Crippen LogP contribution in [0, 0.1) is 11.8 Å². The van der Waals surface area contributed by atoms with Crippen LogP contribution in [0.3, 0.4) is 0 Å². The standard InChI is InChI=1S/C9H12O/c1-2-3-7-8-4-6(10)5-9(7)8/h2,6,8-10H,4-5H2,1H3/t3?,6?,8-,9+. The highest BCUT2D eigenvalue weighted by Crippen LogP contribution is 2.56. The lowest BCUT2D eigenvalue weighted by Crippen LogP contribution is -2.01. The molecule has 0 bridgehead atoms. The molecule has 1 N–H and O–H groups in total. The summed E-state index contributed by atoms with van der Waals surface area (Å²) in [4.78, 5) is 0. The maximum Gasteiger partial charge on any atom is 0.0552 e. The van der Waals surface area contributed by atoms with Crippen LogP contribution in [0.25, 0.3) is 0 Å². The third-order valence-electron chi connectivity index (χ3n) is 2.54. The summed E-state index contributed by atoms with van der Waals surface area (Å²) in [5, 5.41) is 9.16. The first-order valence-electron chi connectivity index (χ1n) is 3.92. The van der Waals surface area contributed by atoms with E-state index in [1.807, 2.05) is 13.0 Å². The van der Waals surface area contributed by atoms with Crippen molar-refractivity contribution in [2.75, 3.05) is 0 Å². The van der Waals surface area contributed by atoms with Crippen molar-refractivity contribution in [1.82, 2.24) is 0 Å². The van der Waals surface area contributed by atoms with Crippen LogP contribution in [-0.4, -0.2) is 11.2 Å². The van der Waals surface area contributed by atoms with Gasteiger partial charge in [-0.05, 0) is 43.3 Å². The SMILES string of the molecule is CC=C=C1[C@H]2CC(O)C[C@@H]12. The summed E-state index contributed by atoms with van der Waals surface area (Å²) < 4.78 is 0. The third kappa shape index (κ3) is 0.749. The molecule has 54 valence electrons. The van der Waals surface area contributed by atoms with Gasteiger partial charge in [-0.25, -0.2) is 0 Å². The summed E-state index contributed by atoms with van der Waals surface area (Å²) in [5.74, 6) is 1.40. The van der Waals surface area contributed by atoms with Crippen molar-refractivity contribution in [3.8, 4) is 0 Å². The summed E-state index contributed by atoms with van der Waals surface area (Å²) >= 11 is 0. The predicted molar refractivity (Wildman–Crippen MR) is 39.5 cm³/mol. The molecule has 2 aliphatic rings. The summed E-state index contributed by atoms with van der Waals surface area (Å²) in [7, 11) is 0. The van der Waals surface area contributed by atoms with Crippen LogP contribution in [-0.2, 0) is 0 Å². The Labute approximate surface area is 61.1 Å². The molecule has 2 rings (SSSR count). The number of rotatable bonds is 0. The zero-order chi connectivity index (χ0) is 7.14. The second-order valence-electron chi connectivity index (χ2n) is 3.23. The zero-order valence-electron chi connectivity index (χ0n) is 6.17. The Morgan fingerprint density at radius 2 is 2.10 bits per heavy atom. The van der Waals surface area contributed by atoms with Gasteiger partial charge in [0, 0.05) is 0 Å². The van der Waals surface area contributed by atoms with Gasteiger partial charge in [0.2, 0.25) is 0 Å². The van der Waals surface area contributed by atoms with Gasteiger partial charge in [-0.1, -0.05) is 0 Å². The Morgan fingerprint density at radius 3 is 2.60 bits per heavy atom. The monoisotopic (exact) mass is 136 g/mol. The maximum atomic E-state index is 9.16. The molecule has 10 heavy (non-hydrogen) atoms. The fourth-order valence-electron chi connectivity index (χ4n) is 2.02. The largest absolute Gasteiger partial charge is 0.393 e. The van der Waals surface area contributed by atoms with Crippen molar-refractivity contribution >= 4 is 0 Å². The van der Waals surface area contributed by atoms with E-state index in [1.165, 1.54) is 5.57 Å². The van der Waals surface area contributed by atoms with Crippen molar-refractivity contribution in [2.24, 2.45) is 11.8 Å². The van der Waals surface area contributed by atoms with E-state index in [0.717, 1.165) is 12.8 Å². The van der Waals surface area contributed by atoms with Gasteiger partial charge < -0.3 is 5.11 Å². The molecule has 0 aliphatic heterocycles. The lowest BCUT2D eigenvalue weighted by Gasteiger charge is -1.99. The molecule has 0 radical (unpaired) electrons. The molecule has 0 spiro atoms. The molecule has 0 saturated heterocycles. The highest BCUT2D eigenvalue weighted by molar-refractivity contribution is 5.32. The summed E-state index contributed by atoms with van der Waals surface area (Å²) in [6.45, 7) is 2.00. The summed E-state index contributed by atoms with van der Waals surface area (Å²) in [6, 6.07) is 0. The van der Waals surface area contributed by atoms with Crippen LogP contribution >= 0.6 is 0 Å². The van der Waals surface area contributed by atoms with E-state index in [0.29, 0.717) is 11.8 Å². The van der Waals surface area contributed by atoms with Gasteiger partial charge in [-0.15, -0.1) is 5.73 Å². The maximum absolute atomic E-state index is 9.16. The van der Waals surface area contributed by atoms with E-state index in [9.17, 15) is 0 Å². The molecule has 2 fully saturated rings. The number of hydrogen-bond acceptors (Lipinski definition) is 1. The molecule has 0 heterocycles. The van der Waals surface area contributed by atoms with Crippen molar-refractivity contribution in [3.63, 3.8) is 0 Å². The molecule has 1 heteroatoms. The van der Waals surface area contributed by atoms with Crippen LogP contribution in [0.15, 0.2) is 17.4 Å². The number of aliphatic hydroxyl groups excluding tert-OH is 1. The molecule has 1 nitrogen and oxygen atoms in total. The van der Waals surface area contributed by atoms with Crippen LogP contribution in [0.2, 0.25) is 0 Å². The first kappa shape index (κ1) is 6.21. The first-order valence-corrected chi connectivity index (χ1v) is 3.92. The van der Waals surface area contributed by atoms with E-state index >= 15 is 0 Å². The smallest absolute Gasteiger partial charge is 0.0552 e. The van der Waals surface area contributed by atoms with Crippen LogP contribution < -0.4 is 0 Å². The molecule has 2 saturated carbocycles. The number of hydrogen-bond donors (Lipinski definition) is 1. The molecular weight excluding hydrogens is 124 g/mol. The lowest BCUT2D eigenvalue weighted by molar-refractivity contribution is 0.173. The Kier molecular flexibility index (Phi) is 1.23. The van der Waals surface area contributed by atoms with E-state index in [2.05, 4.69) is 5.73 Å². The van der Waals surface area contributed by atoms with Crippen molar-refractivity contribution in [2.45, 2.75) is 25.9 Å². The number of fused-ring (bicyclic) bond motifs is 1. The van der Waals surface area contributed by atoms with Gasteiger partial charge in [0.05, 0.1) is 6.10 Å². The Balaban J connectivity index is 2.10. The number of aliphatic hydroxyl groups is 1. The van der Waals surface area contributed by atoms with Gasteiger partial charge in [-0.2, -0.15) is 0 Å². The first-order chi connectivity index (χ1) is 4.83. The summed E-state index contributed by atoms with van der Waals surface area (Å²) in [5.41, 5.74) is 4.67. The molecule has 0 aromatic heterocycles. The van der Waals surface area contributed by atoms with Gasteiger partial charge in [0.25, 0.3) is 0 Å². The predicted octanol–water partition coefficient (Wildman–Crippen LogP) is 1.49. The molecule has 0 aromatic carbocycles. The van der Waals surface area contributed by atoms with Crippen molar-refractivity contribution < 1.29 is 5.11 Å². The third-order valence-corrected chi connectivity index (χ3v) is 2.54. The van der Waals surface area contributed by atoms with E-state index in [1.54, 1.807) is 0 Å². The molecule has 3 atom stereocenters. The Morgan fingerprint density at radius 1 is 1.50 bits per heavy atom. The minimum atomic E-state index is -0.0163. The average molecular weight is 136 g/mol. The van der Waals surface area contributed by atoms with E-state index in [4.69, 9.17) is 5.11 Å². The van der Waals surface area contributed by atoms with Gasteiger partial charge in [-0.3, -0.25) is 0 Å². The highest BCUT2D eigenvalue weighted by Gasteiger charge is 2.50. The molecule has 2 aliphatic carbocycles. The molecule has 0 aromatic rings. The average Bonchev–Trinajstić information content (AvgIpc) is 2.43.